The summed E-state index contributed by atoms with van der Waals surface area (Å²) in [5.74, 6) is -1.07. The maximum absolute atomic E-state index is 13.8. The molecule has 1 saturated carbocycles. The Morgan fingerprint density at radius 1 is 1.00 bits per heavy atom. The first-order chi connectivity index (χ1) is 17.7. The van der Waals surface area contributed by atoms with E-state index in [4.69, 9.17) is 12.2 Å². The monoisotopic (exact) mass is 535 g/mol. The third-order valence-corrected chi connectivity index (χ3v) is 8.51. The second-order valence-electron chi connectivity index (χ2n) is 9.23. The molecule has 0 spiro atoms. The number of aromatic nitrogens is 2. The number of benzene rings is 3. The van der Waals surface area contributed by atoms with Crippen molar-refractivity contribution in [1.82, 2.24) is 9.13 Å². The number of nitrogens with one attached hydrogen (secondary N) is 1. The molecule has 5 rings (SSSR count). The van der Waals surface area contributed by atoms with Gasteiger partial charge in [-0.3, -0.25) is 14.1 Å². The molecule has 1 aliphatic carbocycles. The van der Waals surface area contributed by atoms with Crippen LogP contribution >= 0.6 is 12.2 Å². The summed E-state index contributed by atoms with van der Waals surface area (Å²) >= 11 is 5.80. The number of hydrogen-bond donors (Lipinski definition) is 2. The number of rotatable bonds is 6. The van der Waals surface area contributed by atoms with Crippen LogP contribution in [0.15, 0.2) is 76.4 Å². The van der Waals surface area contributed by atoms with Crippen molar-refractivity contribution in [3.63, 3.8) is 0 Å². The van der Waals surface area contributed by atoms with Gasteiger partial charge in [-0.15, -0.1) is 0 Å². The molecule has 1 heterocycles. The minimum Gasteiger partial charge on any atom is -0.478 e. The van der Waals surface area contributed by atoms with Gasteiger partial charge in [-0.1, -0.05) is 30.5 Å². The number of hydrogen-bond acceptors (Lipinski definition) is 5. The van der Waals surface area contributed by atoms with Crippen LogP contribution in [0.1, 0.15) is 47.6 Å². The molecule has 0 unspecified atom stereocenters. The fourth-order valence-corrected chi connectivity index (χ4v) is 6.31. The van der Waals surface area contributed by atoms with Crippen molar-refractivity contribution >= 4 is 44.8 Å². The van der Waals surface area contributed by atoms with Crippen LogP contribution in [0.25, 0.3) is 16.6 Å². The van der Waals surface area contributed by atoms with Crippen LogP contribution in [0, 0.1) is 11.7 Å². The highest BCUT2D eigenvalue weighted by molar-refractivity contribution is 7.92. The highest BCUT2D eigenvalue weighted by Crippen LogP contribution is 2.33. The zero-order valence-electron chi connectivity index (χ0n) is 20.0. The van der Waals surface area contributed by atoms with Gasteiger partial charge in [-0.2, -0.15) is 0 Å². The molecule has 4 aromatic rings. The molecule has 1 aromatic heterocycles. The van der Waals surface area contributed by atoms with Gasteiger partial charge in [0.05, 0.1) is 27.0 Å². The normalized spacial score (nSPS) is 14.2. The molecule has 1 fully saturated rings. The first kappa shape index (κ1) is 24.9. The van der Waals surface area contributed by atoms with Gasteiger partial charge in [0, 0.05) is 11.7 Å². The fourth-order valence-electron chi connectivity index (χ4n) is 4.83. The van der Waals surface area contributed by atoms with Gasteiger partial charge in [-0.25, -0.2) is 13.2 Å². The van der Waals surface area contributed by atoms with E-state index in [1.54, 1.807) is 36.4 Å². The van der Waals surface area contributed by atoms with Gasteiger partial charge in [-0.05, 0) is 86.6 Å². The van der Waals surface area contributed by atoms with Gasteiger partial charge in [0.2, 0.25) is 0 Å². The summed E-state index contributed by atoms with van der Waals surface area (Å²) in [6, 6.07) is 17.5. The lowest BCUT2D eigenvalue weighted by molar-refractivity contribution is 0.0697. The quantitative estimate of drug-likeness (QED) is 0.318. The second kappa shape index (κ2) is 9.60. The van der Waals surface area contributed by atoms with E-state index in [9.17, 15) is 23.1 Å². The van der Waals surface area contributed by atoms with Crippen molar-refractivity contribution in [3.05, 3.63) is 93.0 Å². The summed E-state index contributed by atoms with van der Waals surface area (Å²) in [5.41, 5.74) is 1.97. The number of carboxylic acids is 1. The van der Waals surface area contributed by atoms with Crippen molar-refractivity contribution in [2.24, 2.45) is 0 Å². The molecule has 0 aliphatic heterocycles. The van der Waals surface area contributed by atoms with Crippen molar-refractivity contribution < 1.29 is 18.3 Å². The Balaban J connectivity index is 1.68. The van der Waals surface area contributed by atoms with Gasteiger partial charge >= 0.3 is 5.97 Å². The van der Waals surface area contributed by atoms with E-state index in [1.165, 1.54) is 34.9 Å². The third kappa shape index (κ3) is 4.70. The van der Waals surface area contributed by atoms with Crippen LogP contribution in [0.2, 0.25) is 0 Å². The lowest BCUT2D eigenvalue weighted by atomic mass is 10.1. The standard InChI is InChI=1S/C27H25N3O5S2/c1-17-6-13-22(14-7-17)37(34,35)28-19-10-15-24-23(16-19)25(31)30(21-11-8-18(9-12-21)26(32)33)27(36)29(24)20-4-2-3-5-20/h6-16,20,28H,2-5H2,1H3,(H,32,33). The Labute approximate surface area is 218 Å². The van der Waals surface area contributed by atoms with Gasteiger partial charge in [0.25, 0.3) is 15.6 Å². The van der Waals surface area contributed by atoms with E-state index < -0.39 is 21.6 Å². The zero-order valence-corrected chi connectivity index (χ0v) is 21.7. The first-order valence-corrected chi connectivity index (χ1v) is 13.8. The first-order valence-electron chi connectivity index (χ1n) is 11.9. The van der Waals surface area contributed by atoms with Crippen LogP contribution in [0.3, 0.4) is 0 Å². The van der Waals surface area contributed by atoms with E-state index in [0.29, 0.717) is 21.4 Å². The summed E-state index contributed by atoms with van der Waals surface area (Å²) in [7, 11) is -3.86. The summed E-state index contributed by atoms with van der Waals surface area (Å²) < 4.78 is 32.2. The predicted molar refractivity (Wildman–Crippen MR) is 145 cm³/mol. The molecular weight excluding hydrogens is 510 g/mol. The summed E-state index contributed by atoms with van der Waals surface area (Å²) in [4.78, 5) is 25.2. The SMILES string of the molecule is Cc1ccc(S(=O)(=O)Nc2ccc3c(c2)c(=O)n(-c2ccc(C(=O)O)cc2)c(=S)n3C2CCCC2)cc1. The van der Waals surface area contributed by atoms with E-state index >= 15 is 0 Å². The number of anilines is 1. The average molecular weight is 536 g/mol. The van der Waals surface area contributed by atoms with Gasteiger partial charge in [0.15, 0.2) is 4.77 Å². The molecule has 0 saturated heterocycles. The Bertz CT molecular complexity index is 1730. The van der Waals surface area contributed by atoms with E-state index in [-0.39, 0.29) is 22.2 Å². The molecular formula is C27H25N3O5S2. The molecule has 1 aliphatic rings. The molecule has 0 radical (unpaired) electrons. The molecule has 3 aromatic carbocycles. The smallest absolute Gasteiger partial charge is 0.335 e. The molecule has 0 amide bonds. The Kier molecular flexibility index (Phi) is 6.47. The van der Waals surface area contributed by atoms with E-state index in [2.05, 4.69) is 4.72 Å². The minimum atomic E-state index is -3.86. The summed E-state index contributed by atoms with van der Waals surface area (Å²) in [6.45, 7) is 1.88. The number of aromatic carboxylic acids is 1. The van der Waals surface area contributed by atoms with Gasteiger partial charge in [0.1, 0.15) is 0 Å². The predicted octanol–water partition coefficient (Wildman–Crippen LogP) is 5.44. The topological polar surface area (TPSA) is 110 Å². The summed E-state index contributed by atoms with van der Waals surface area (Å²) in [6.07, 6.45) is 3.94. The Hall–Kier alpha value is -3.76. The lowest BCUT2D eigenvalue weighted by Gasteiger charge is -2.21. The molecule has 0 bridgehead atoms. The van der Waals surface area contributed by atoms with Crippen LogP contribution < -0.4 is 10.3 Å². The lowest BCUT2D eigenvalue weighted by Crippen LogP contribution is -2.26. The number of carbonyl (C=O) groups is 1. The zero-order chi connectivity index (χ0) is 26.3. The molecule has 190 valence electrons. The van der Waals surface area contributed by atoms with Crippen LogP contribution in [-0.2, 0) is 10.0 Å². The Morgan fingerprint density at radius 3 is 2.27 bits per heavy atom. The second-order valence-corrected chi connectivity index (χ2v) is 11.3. The molecule has 37 heavy (non-hydrogen) atoms. The van der Waals surface area contributed by atoms with Crippen molar-refractivity contribution in [1.29, 1.82) is 0 Å². The molecule has 2 N–H and O–H groups in total. The molecule has 10 heteroatoms. The minimum absolute atomic E-state index is 0.0972. The number of aryl methyl sites for hydroxylation is 1. The van der Waals surface area contributed by atoms with Crippen molar-refractivity contribution in [3.8, 4) is 5.69 Å². The van der Waals surface area contributed by atoms with Crippen molar-refractivity contribution in [2.75, 3.05) is 4.72 Å². The third-order valence-electron chi connectivity index (χ3n) is 6.73. The largest absolute Gasteiger partial charge is 0.478 e. The number of sulfonamides is 1. The highest BCUT2D eigenvalue weighted by Gasteiger charge is 2.23. The van der Waals surface area contributed by atoms with Crippen LogP contribution in [0.5, 0.6) is 0 Å². The Morgan fingerprint density at radius 2 is 1.65 bits per heavy atom. The molecule has 0 atom stereocenters. The number of nitrogens with zero attached hydrogens (tertiary/aromatic N) is 2. The van der Waals surface area contributed by atoms with Gasteiger partial charge < -0.3 is 9.67 Å². The van der Waals surface area contributed by atoms with Crippen LogP contribution in [0.4, 0.5) is 5.69 Å². The average Bonchev–Trinajstić information content (AvgIpc) is 3.39. The number of carboxylic acid groups (broad SMARTS) is 1. The van der Waals surface area contributed by atoms with Crippen molar-refractivity contribution in [2.45, 2.75) is 43.5 Å². The molecule has 8 nitrogen and oxygen atoms in total. The number of fused-ring (bicyclic) bond motifs is 1. The summed E-state index contributed by atoms with van der Waals surface area (Å²) in [5, 5.41) is 9.57. The van der Waals surface area contributed by atoms with E-state index in [1.807, 2.05) is 11.5 Å². The highest BCUT2D eigenvalue weighted by atomic mass is 32.2. The van der Waals surface area contributed by atoms with Crippen LogP contribution in [-0.4, -0.2) is 28.6 Å². The maximum atomic E-state index is 13.8. The maximum Gasteiger partial charge on any atom is 0.335 e. The van der Waals surface area contributed by atoms with E-state index in [0.717, 1.165) is 31.2 Å². The fraction of sp³-hybridized carbons (Fsp3) is 0.222.